The first kappa shape index (κ1) is 35.5. The highest BCUT2D eigenvalue weighted by molar-refractivity contribution is 7.98. The molecule has 0 saturated carbocycles. The monoisotopic (exact) mass is 677 g/mol. The highest BCUT2D eigenvalue weighted by Crippen LogP contribution is 2.28. The van der Waals surface area contributed by atoms with Crippen LogP contribution in [0, 0.1) is 5.82 Å². The topological polar surface area (TPSA) is 96.0 Å². The van der Waals surface area contributed by atoms with Gasteiger partial charge in [-0.2, -0.15) is 0 Å². The lowest BCUT2D eigenvalue weighted by molar-refractivity contribution is -0.140. The maximum absolute atomic E-state index is 15.1. The van der Waals surface area contributed by atoms with Gasteiger partial charge in [0, 0.05) is 29.5 Å². The quantitative estimate of drug-likeness (QED) is 0.148. The number of carbonyl (C=O) groups is 2. The average Bonchev–Trinajstić information content (AvgIpc) is 3.06. The summed E-state index contributed by atoms with van der Waals surface area (Å²) in [6.45, 7) is 4.98. The molecule has 4 aromatic rings. The van der Waals surface area contributed by atoms with E-state index in [4.69, 9.17) is 4.74 Å². The van der Waals surface area contributed by atoms with Gasteiger partial charge in [-0.25, -0.2) is 12.8 Å². The normalized spacial score (nSPS) is 12.0. The summed E-state index contributed by atoms with van der Waals surface area (Å²) >= 11 is 1.47. The molecule has 1 atom stereocenters. The molecule has 0 radical (unpaired) electrons. The van der Waals surface area contributed by atoms with Crippen LogP contribution in [0.3, 0.4) is 0 Å². The average molecular weight is 678 g/mol. The van der Waals surface area contributed by atoms with Crippen molar-refractivity contribution in [2.24, 2.45) is 0 Å². The number of rotatable bonds is 15. The molecule has 0 aliphatic heterocycles. The molecule has 47 heavy (non-hydrogen) atoms. The van der Waals surface area contributed by atoms with E-state index in [1.54, 1.807) is 54.6 Å². The van der Waals surface area contributed by atoms with Crippen LogP contribution in [0.2, 0.25) is 0 Å². The zero-order valence-electron chi connectivity index (χ0n) is 26.9. The lowest BCUT2D eigenvalue weighted by Crippen LogP contribution is -2.54. The second kappa shape index (κ2) is 16.5. The molecule has 0 aliphatic carbocycles. The zero-order valence-corrected chi connectivity index (χ0v) is 28.6. The largest absolute Gasteiger partial charge is 0.494 e. The van der Waals surface area contributed by atoms with E-state index in [0.717, 1.165) is 14.8 Å². The smallest absolute Gasteiger partial charge is 0.264 e. The van der Waals surface area contributed by atoms with Gasteiger partial charge in [0.2, 0.25) is 11.8 Å². The van der Waals surface area contributed by atoms with E-state index in [9.17, 15) is 18.0 Å². The second-order valence-electron chi connectivity index (χ2n) is 11.1. The second-order valence-corrected chi connectivity index (χ2v) is 13.8. The van der Waals surface area contributed by atoms with Crippen LogP contribution >= 0.6 is 11.8 Å². The lowest BCUT2D eigenvalue weighted by atomic mass is 10.0. The van der Waals surface area contributed by atoms with E-state index in [1.807, 2.05) is 57.4 Å². The van der Waals surface area contributed by atoms with Gasteiger partial charge in [-0.15, -0.1) is 11.8 Å². The number of carbonyl (C=O) groups excluding carboxylic acids is 2. The van der Waals surface area contributed by atoms with Gasteiger partial charge in [-0.3, -0.25) is 13.9 Å². The molecule has 0 aliphatic rings. The summed E-state index contributed by atoms with van der Waals surface area (Å²) in [6.07, 6.45) is 2.02. The first-order valence-electron chi connectivity index (χ1n) is 15.3. The van der Waals surface area contributed by atoms with E-state index < -0.39 is 40.2 Å². The number of hydrogen-bond acceptors (Lipinski definition) is 6. The van der Waals surface area contributed by atoms with Gasteiger partial charge < -0.3 is 15.0 Å². The van der Waals surface area contributed by atoms with Crippen LogP contribution in [-0.2, 0) is 32.6 Å². The number of nitrogens with one attached hydrogen (secondary N) is 1. The summed E-state index contributed by atoms with van der Waals surface area (Å²) in [5, 5.41) is 2.89. The minimum absolute atomic E-state index is 0.00368. The van der Waals surface area contributed by atoms with Crippen molar-refractivity contribution in [1.82, 2.24) is 10.2 Å². The number of nitrogens with zero attached hydrogens (tertiary/aromatic N) is 2. The molecule has 0 heterocycles. The highest BCUT2D eigenvalue weighted by Gasteiger charge is 2.35. The van der Waals surface area contributed by atoms with E-state index in [1.165, 1.54) is 34.9 Å². The first-order valence-corrected chi connectivity index (χ1v) is 18.0. The van der Waals surface area contributed by atoms with Crippen LogP contribution < -0.4 is 14.4 Å². The molecule has 0 fully saturated rings. The summed E-state index contributed by atoms with van der Waals surface area (Å²) in [4.78, 5) is 30.4. The Labute approximate surface area is 281 Å². The van der Waals surface area contributed by atoms with Crippen molar-refractivity contribution >= 4 is 39.3 Å². The van der Waals surface area contributed by atoms with Crippen LogP contribution in [-0.4, -0.2) is 56.6 Å². The zero-order chi connectivity index (χ0) is 34.0. The Morgan fingerprint density at radius 1 is 0.894 bits per heavy atom. The van der Waals surface area contributed by atoms with Crippen LogP contribution in [0.25, 0.3) is 0 Å². The molecule has 0 unspecified atom stereocenters. The minimum Gasteiger partial charge on any atom is -0.494 e. The number of halogens is 1. The van der Waals surface area contributed by atoms with Crippen molar-refractivity contribution in [3.05, 3.63) is 120 Å². The Balaban J connectivity index is 1.81. The summed E-state index contributed by atoms with van der Waals surface area (Å²) in [7, 11) is -4.28. The Kier molecular flexibility index (Phi) is 12.4. The summed E-state index contributed by atoms with van der Waals surface area (Å²) in [5.41, 5.74) is 1.21. The Hall–Kier alpha value is -4.35. The van der Waals surface area contributed by atoms with Crippen LogP contribution in [0.1, 0.15) is 31.9 Å². The summed E-state index contributed by atoms with van der Waals surface area (Å²) in [6, 6.07) is 26.7. The lowest BCUT2D eigenvalue weighted by Gasteiger charge is -2.34. The van der Waals surface area contributed by atoms with E-state index >= 15 is 4.39 Å². The van der Waals surface area contributed by atoms with E-state index in [0.29, 0.717) is 12.4 Å². The Morgan fingerprint density at radius 2 is 1.53 bits per heavy atom. The number of hydrogen-bond donors (Lipinski definition) is 1. The Bertz CT molecular complexity index is 1730. The van der Waals surface area contributed by atoms with E-state index in [-0.39, 0.29) is 35.2 Å². The molecule has 4 rings (SSSR count). The van der Waals surface area contributed by atoms with Crippen molar-refractivity contribution in [2.75, 3.05) is 23.7 Å². The van der Waals surface area contributed by atoms with Crippen molar-refractivity contribution in [3.63, 3.8) is 0 Å². The van der Waals surface area contributed by atoms with Crippen molar-refractivity contribution in [3.8, 4) is 5.75 Å². The van der Waals surface area contributed by atoms with Gasteiger partial charge in [0.05, 0.1) is 17.2 Å². The third-order valence-electron chi connectivity index (χ3n) is 7.36. The molecule has 4 aromatic carbocycles. The number of sulfonamides is 1. The predicted molar refractivity (Wildman–Crippen MR) is 185 cm³/mol. The maximum atomic E-state index is 15.1. The fourth-order valence-corrected chi connectivity index (χ4v) is 6.85. The fourth-order valence-electron chi connectivity index (χ4n) is 5.02. The number of thioether (sulfide) groups is 1. The third-order valence-corrected chi connectivity index (χ3v) is 9.89. The van der Waals surface area contributed by atoms with Crippen molar-refractivity contribution in [2.45, 2.75) is 55.6 Å². The van der Waals surface area contributed by atoms with Gasteiger partial charge in [0.1, 0.15) is 24.2 Å². The van der Waals surface area contributed by atoms with Crippen LogP contribution in [0.5, 0.6) is 5.75 Å². The van der Waals surface area contributed by atoms with Crippen molar-refractivity contribution < 1.29 is 27.1 Å². The number of benzene rings is 4. The molecule has 248 valence electrons. The number of anilines is 1. The van der Waals surface area contributed by atoms with Gasteiger partial charge in [-0.05, 0) is 87.2 Å². The molecule has 0 spiro atoms. The van der Waals surface area contributed by atoms with Crippen LogP contribution in [0.4, 0.5) is 10.1 Å². The number of ether oxygens (including phenoxy) is 1. The third kappa shape index (κ3) is 9.36. The molecule has 2 amide bonds. The molecule has 8 nitrogen and oxygen atoms in total. The molecule has 1 N–H and O–H groups in total. The first-order chi connectivity index (χ1) is 22.5. The fraction of sp³-hybridized carbons (Fsp3) is 0.278. The van der Waals surface area contributed by atoms with Crippen molar-refractivity contribution in [1.29, 1.82) is 0 Å². The SMILES string of the molecule is CCOc1ccc(N(CC(=O)N(Cc2ccccc2F)[C@H](Cc2ccccc2)C(=O)NC(C)C)S(=O)(=O)c2ccc(SC)cc2)cc1. The maximum Gasteiger partial charge on any atom is 0.264 e. The van der Waals surface area contributed by atoms with Gasteiger partial charge in [0.15, 0.2) is 0 Å². The molecular formula is C36H40FN3O5S2. The minimum atomic E-state index is -4.28. The van der Waals surface area contributed by atoms with Gasteiger partial charge >= 0.3 is 0 Å². The standard InChI is InChI=1S/C36H40FN3O5S2/c1-5-45-30-17-15-29(16-18-30)40(47(43,44)32-21-19-31(46-4)20-22-32)25-35(41)39(24-28-13-9-10-14-33(28)37)34(36(42)38-26(2)3)23-27-11-7-6-8-12-27/h6-22,26,34H,5,23-25H2,1-4H3,(H,38,42)/t34-/m1/s1. The summed E-state index contributed by atoms with van der Waals surface area (Å²) in [5.74, 6) is -1.11. The molecule has 11 heteroatoms. The predicted octanol–water partition coefficient (Wildman–Crippen LogP) is 6.31. The highest BCUT2D eigenvalue weighted by atomic mass is 32.2. The van der Waals surface area contributed by atoms with Crippen LogP contribution in [0.15, 0.2) is 113 Å². The molecule has 0 saturated heterocycles. The molecular weight excluding hydrogens is 638 g/mol. The Morgan fingerprint density at radius 3 is 2.13 bits per heavy atom. The molecule has 0 bridgehead atoms. The van der Waals surface area contributed by atoms with Gasteiger partial charge in [-0.1, -0.05) is 48.5 Å². The van der Waals surface area contributed by atoms with E-state index in [2.05, 4.69) is 5.32 Å². The number of amides is 2. The summed E-state index contributed by atoms with van der Waals surface area (Å²) < 4.78 is 50.1. The molecule has 0 aromatic heterocycles. The van der Waals surface area contributed by atoms with Gasteiger partial charge in [0.25, 0.3) is 10.0 Å².